The Morgan fingerprint density at radius 1 is 0.974 bits per heavy atom. The Balaban J connectivity index is 1.66. The summed E-state index contributed by atoms with van der Waals surface area (Å²) in [5.41, 5.74) is 5.25. The van der Waals surface area contributed by atoms with Crippen molar-refractivity contribution in [2.75, 3.05) is 11.5 Å². The molecule has 1 fully saturated rings. The number of ether oxygens (including phenoxy) is 1. The maximum absolute atomic E-state index is 13.5. The van der Waals surface area contributed by atoms with Gasteiger partial charge >= 0.3 is 0 Å². The molecule has 196 valence electrons. The van der Waals surface area contributed by atoms with E-state index in [4.69, 9.17) is 4.74 Å². The first-order chi connectivity index (χ1) is 18.1. The van der Waals surface area contributed by atoms with Gasteiger partial charge in [-0.2, -0.15) is 0 Å². The van der Waals surface area contributed by atoms with Crippen molar-refractivity contribution in [1.29, 1.82) is 0 Å². The van der Waals surface area contributed by atoms with Crippen LogP contribution < -0.4 is 9.64 Å². The zero-order chi connectivity index (χ0) is 27.2. The van der Waals surface area contributed by atoms with Gasteiger partial charge in [-0.1, -0.05) is 71.0 Å². The predicted octanol–water partition coefficient (Wildman–Crippen LogP) is 7.06. The highest BCUT2D eigenvalue weighted by molar-refractivity contribution is 6.51. The second kappa shape index (κ2) is 9.79. The fourth-order valence-corrected chi connectivity index (χ4v) is 5.26. The first-order valence-electron chi connectivity index (χ1n) is 13.3. The smallest absolute Gasteiger partial charge is 0.300 e. The Labute approximate surface area is 224 Å². The minimum atomic E-state index is -0.749. The summed E-state index contributed by atoms with van der Waals surface area (Å²) in [7, 11) is 0. The van der Waals surface area contributed by atoms with Crippen molar-refractivity contribution in [1.82, 2.24) is 0 Å². The quantitative estimate of drug-likeness (QED) is 0.232. The maximum Gasteiger partial charge on any atom is 0.300 e. The summed E-state index contributed by atoms with van der Waals surface area (Å²) < 4.78 is 5.73. The van der Waals surface area contributed by atoms with E-state index in [2.05, 4.69) is 34.6 Å². The number of carbonyl (C=O) groups is 2. The largest absolute Gasteiger partial charge is 0.507 e. The highest BCUT2D eigenvalue weighted by Crippen LogP contribution is 2.43. The fourth-order valence-electron chi connectivity index (χ4n) is 5.26. The lowest BCUT2D eigenvalue weighted by Crippen LogP contribution is -2.29. The molecule has 1 atom stereocenters. The Bertz CT molecular complexity index is 1410. The van der Waals surface area contributed by atoms with Crippen LogP contribution in [-0.4, -0.2) is 23.4 Å². The van der Waals surface area contributed by atoms with Crippen LogP contribution in [0.25, 0.3) is 5.76 Å². The number of anilines is 1. The molecule has 5 nitrogen and oxygen atoms in total. The number of aryl methyl sites for hydroxylation is 1. The predicted molar refractivity (Wildman–Crippen MR) is 151 cm³/mol. The lowest BCUT2D eigenvalue weighted by molar-refractivity contribution is -0.132. The minimum absolute atomic E-state index is 0.0434. The molecule has 0 aliphatic carbocycles. The average Bonchev–Trinajstić information content (AvgIpc) is 3.17. The van der Waals surface area contributed by atoms with Crippen LogP contribution in [0.2, 0.25) is 0 Å². The maximum atomic E-state index is 13.5. The topological polar surface area (TPSA) is 66.8 Å². The van der Waals surface area contributed by atoms with Crippen molar-refractivity contribution in [3.8, 4) is 5.75 Å². The first-order valence-corrected chi connectivity index (χ1v) is 13.3. The van der Waals surface area contributed by atoms with E-state index in [1.807, 2.05) is 60.7 Å². The van der Waals surface area contributed by atoms with E-state index in [-0.39, 0.29) is 16.7 Å². The molecule has 5 rings (SSSR count). The standard InChI is InChI=1S/C33H35NO4/c1-20(2)21-10-15-26(16-11-21)34-29(22-8-13-25(14-9-22)33(3,4)5)28(31(36)32(34)37)30(35)24-12-17-27-23(19-24)7-6-18-38-27/h8-17,19-20,29,35H,6-7,18H2,1-5H3/b30-28-. The highest BCUT2D eigenvalue weighted by Gasteiger charge is 2.47. The second-order valence-corrected chi connectivity index (χ2v) is 11.6. The Morgan fingerprint density at radius 2 is 1.66 bits per heavy atom. The summed E-state index contributed by atoms with van der Waals surface area (Å²) in [4.78, 5) is 28.6. The van der Waals surface area contributed by atoms with E-state index in [0.717, 1.165) is 40.8 Å². The second-order valence-electron chi connectivity index (χ2n) is 11.6. The summed E-state index contributed by atoms with van der Waals surface area (Å²) in [6, 6.07) is 20.4. The van der Waals surface area contributed by atoms with E-state index >= 15 is 0 Å². The van der Waals surface area contributed by atoms with Crippen LogP contribution in [0.15, 0.2) is 72.3 Å². The molecule has 5 heteroatoms. The Morgan fingerprint density at radius 3 is 2.29 bits per heavy atom. The number of Topliss-reactive ketones (excluding diaryl/α,β-unsaturated/α-hetero) is 1. The van der Waals surface area contributed by atoms with E-state index in [1.165, 1.54) is 4.90 Å². The van der Waals surface area contributed by atoms with E-state index in [9.17, 15) is 14.7 Å². The number of rotatable bonds is 4. The molecule has 0 aromatic heterocycles. The molecule has 0 bridgehead atoms. The van der Waals surface area contributed by atoms with Crippen molar-refractivity contribution in [3.63, 3.8) is 0 Å². The zero-order valence-electron chi connectivity index (χ0n) is 22.7. The third-order valence-corrected chi connectivity index (χ3v) is 7.56. The molecule has 38 heavy (non-hydrogen) atoms. The third kappa shape index (κ3) is 4.62. The van der Waals surface area contributed by atoms with Crippen molar-refractivity contribution in [3.05, 3.63) is 100 Å². The van der Waals surface area contributed by atoms with E-state index in [0.29, 0.717) is 23.8 Å². The summed E-state index contributed by atoms with van der Waals surface area (Å²) in [5, 5.41) is 11.5. The van der Waals surface area contributed by atoms with Crippen LogP contribution in [0.1, 0.15) is 80.8 Å². The number of hydrogen-bond donors (Lipinski definition) is 1. The number of nitrogens with zero attached hydrogens (tertiary/aromatic N) is 1. The molecule has 2 aliphatic rings. The molecule has 0 spiro atoms. The molecule has 1 amide bonds. The fraction of sp³-hybridized carbons (Fsp3) is 0.333. The van der Waals surface area contributed by atoms with Gasteiger partial charge in [-0.05, 0) is 76.8 Å². The van der Waals surface area contributed by atoms with Crippen LogP contribution in [0.4, 0.5) is 5.69 Å². The molecule has 1 saturated heterocycles. The van der Waals surface area contributed by atoms with Gasteiger partial charge in [0, 0.05) is 11.3 Å². The van der Waals surface area contributed by atoms with Gasteiger partial charge in [0.25, 0.3) is 11.7 Å². The number of amides is 1. The first kappa shape index (κ1) is 25.8. The van der Waals surface area contributed by atoms with Crippen molar-refractivity contribution in [2.45, 2.75) is 64.8 Å². The minimum Gasteiger partial charge on any atom is -0.507 e. The molecular weight excluding hydrogens is 474 g/mol. The summed E-state index contributed by atoms with van der Waals surface area (Å²) >= 11 is 0. The number of aliphatic hydroxyl groups is 1. The number of fused-ring (bicyclic) bond motifs is 1. The van der Waals surface area contributed by atoms with E-state index in [1.54, 1.807) is 6.07 Å². The van der Waals surface area contributed by atoms with Crippen LogP contribution in [0.5, 0.6) is 5.75 Å². The van der Waals surface area contributed by atoms with Crippen molar-refractivity contribution < 1.29 is 19.4 Å². The number of benzene rings is 3. The monoisotopic (exact) mass is 509 g/mol. The molecule has 3 aromatic carbocycles. The van der Waals surface area contributed by atoms with Crippen LogP contribution >= 0.6 is 0 Å². The average molecular weight is 510 g/mol. The number of ketones is 1. The van der Waals surface area contributed by atoms with Crippen LogP contribution in [0.3, 0.4) is 0 Å². The summed E-state index contributed by atoms with van der Waals surface area (Å²) in [6.07, 6.45) is 1.73. The van der Waals surface area contributed by atoms with Gasteiger partial charge in [-0.25, -0.2) is 0 Å². The van der Waals surface area contributed by atoms with Crippen molar-refractivity contribution >= 4 is 23.1 Å². The zero-order valence-corrected chi connectivity index (χ0v) is 22.7. The molecular formula is C33H35NO4. The highest BCUT2D eigenvalue weighted by atomic mass is 16.5. The molecule has 2 heterocycles. The Hall–Kier alpha value is -3.86. The van der Waals surface area contributed by atoms with Crippen molar-refractivity contribution in [2.24, 2.45) is 0 Å². The van der Waals surface area contributed by atoms with Gasteiger partial charge < -0.3 is 9.84 Å². The van der Waals surface area contributed by atoms with E-state index < -0.39 is 17.7 Å². The lowest BCUT2D eigenvalue weighted by Gasteiger charge is -2.27. The summed E-state index contributed by atoms with van der Waals surface area (Å²) in [6.45, 7) is 11.3. The molecule has 0 saturated carbocycles. The van der Waals surface area contributed by atoms with Gasteiger partial charge in [0.1, 0.15) is 11.5 Å². The van der Waals surface area contributed by atoms with Gasteiger partial charge in [0.05, 0.1) is 18.2 Å². The summed E-state index contributed by atoms with van der Waals surface area (Å²) in [5.74, 6) is -0.353. The normalized spacial score (nSPS) is 19.0. The Kier molecular flexibility index (Phi) is 6.64. The number of carbonyl (C=O) groups excluding carboxylic acids is 2. The van der Waals surface area contributed by atoms with Gasteiger partial charge in [-0.15, -0.1) is 0 Å². The number of aliphatic hydroxyl groups excluding tert-OH is 1. The number of hydrogen-bond acceptors (Lipinski definition) is 4. The van der Waals surface area contributed by atoms with Crippen LogP contribution in [0, 0.1) is 0 Å². The van der Waals surface area contributed by atoms with Gasteiger partial charge in [0.2, 0.25) is 0 Å². The molecule has 0 radical (unpaired) electrons. The van der Waals surface area contributed by atoms with Crippen LogP contribution in [-0.2, 0) is 21.4 Å². The SMILES string of the molecule is CC(C)c1ccc(N2C(=O)C(=O)/C(=C(\O)c3ccc4c(c3)CCCO4)C2c2ccc(C(C)(C)C)cc2)cc1. The lowest BCUT2D eigenvalue weighted by atomic mass is 9.85. The van der Waals surface area contributed by atoms with Gasteiger partial charge in [-0.3, -0.25) is 14.5 Å². The third-order valence-electron chi connectivity index (χ3n) is 7.56. The molecule has 2 aliphatic heterocycles. The molecule has 3 aromatic rings. The van der Waals surface area contributed by atoms with Gasteiger partial charge in [0.15, 0.2) is 0 Å². The molecule has 1 unspecified atom stereocenters. The molecule has 1 N–H and O–H groups in total.